The molecule has 0 spiro atoms. The van der Waals surface area contributed by atoms with Crippen LogP contribution in [0, 0.1) is 30.0 Å². The number of ether oxygens (including phenoxy) is 1. The molecule has 3 aromatic heterocycles. The minimum absolute atomic E-state index is 0.00264. The summed E-state index contributed by atoms with van der Waals surface area (Å²) in [4.78, 5) is 16.0. The molecule has 0 amide bonds. The molecule has 2 atom stereocenters. The number of nitrogens with zero attached hydrogens (tertiary/aromatic N) is 4. The number of piperazine rings is 1. The highest BCUT2D eigenvalue weighted by molar-refractivity contribution is 6.90. The molecule has 0 saturated carbocycles. The van der Waals surface area contributed by atoms with Crippen LogP contribution in [0.25, 0.3) is 32.8 Å². The van der Waals surface area contributed by atoms with E-state index in [1.807, 2.05) is 12.1 Å². The molecule has 2 fully saturated rings. The lowest BCUT2D eigenvalue weighted by atomic mass is 9.95. The Morgan fingerprint density at radius 3 is 2.29 bits per heavy atom. The molecule has 2 bridgehead atoms. The topological polar surface area (TPSA) is 83.4 Å². The zero-order chi connectivity index (χ0) is 36.9. The number of aromatic hydroxyl groups is 1. The molecular weight excluding hydrogens is 673 g/mol. The second kappa shape index (κ2) is 14.1. The molecule has 5 aromatic rings. The van der Waals surface area contributed by atoms with Crippen LogP contribution >= 0.6 is 0 Å². The third-order valence-corrected chi connectivity index (χ3v) is 17.7. The van der Waals surface area contributed by atoms with Crippen molar-refractivity contribution in [2.24, 2.45) is 0 Å². The largest absolute Gasteiger partial charge is 0.508 e. The van der Waals surface area contributed by atoms with Crippen LogP contribution in [0.15, 0.2) is 55.0 Å². The number of halogens is 2. The number of aryl methyl sites for hydroxylation is 1. The molecule has 2 aliphatic rings. The molecule has 0 radical (unpaired) electrons. The van der Waals surface area contributed by atoms with Gasteiger partial charge in [0, 0.05) is 71.0 Å². The number of hydrogen-bond donors (Lipinski definition) is 2. The van der Waals surface area contributed by atoms with E-state index >= 15 is 8.78 Å². The number of anilines is 1. The number of pyridine rings is 3. The molecule has 10 heteroatoms. The molecule has 270 valence electrons. The summed E-state index contributed by atoms with van der Waals surface area (Å²) >= 11 is 0. The number of hydrogen-bond acceptors (Lipinski definition) is 7. The SMILES string of the molecule is Cc1c(OCc2ccncc2)nc(N2C[C@H]3CC[C@@H](C2)N3)c2cnc(-c3cc(O)cc4ccc(F)c(C#C[Si](C(C)C)(C(C)C)C(C)C)c34)c(F)c12. The van der Waals surface area contributed by atoms with E-state index in [2.05, 4.69) is 68.2 Å². The van der Waals surface area contributed by atoms with Crippen LogP contribution < -0.4 is 15.0 Å². The second-order valence-corrected chi connectivity index (χ2v) is 21.0. The summed E-state index contributed by atoms with van der Waals surface area (Å²) in [5, 5.41) is 16.5. The van der Waals surface area contributed by atoms with E-state index in [4.69, 9.17) is 14.7 Å². The zero-order valence-corrected chi connectivity index (χ0v) is 32.0. The summed E-state index contributed by atoms with van der Waals surface area (Å²) in [6, 6.07) is 10.4. The van der Waals surface area contributed by atoms with Crippen molar-refractivity contribution in [3.63, 3.8) is 0 Å². The van der Waals surface area contributed by atoms with Gasteiger partial charge in [-0.3, -0.25) is 9.97 Å². The Bertz CT molecular complexity index is 2180. The number of fused-ring (bicyclic) bond motifs is 4. The van der Waals surface area contributed by atoms with Gasteiger partial charge in [-0.2, -0.15) is 4.98 Å². The quantitative estimate of drug-likeness (QED) is 0.122. The van der Waals surface area contributed by atoms with E-state index < -0.39 is 19.7 Å². The van der Waals surface area contributed by atoms with Crippen LogP contribution in [0.3, 0.4) is 0 Å². The van der Waals surface area contributed by atoms with Gasteiger partial charge in [0.05, 0.1) is 5.56 Å². The van der Waals surface area contributed by atoms with E-state index in [0.717, 1.165) is 31.5 Å². The monoisotopic (exact) mass is 719 g/mol. The van der Waals surface area contributed by atoms with E-state index in [-0.39, 0.29) is 29.2 Å². The summed E-state index contributed by atoms with van der Waals surface area (Å²) in [7, 11) is -2.25. The fourth-order valence-corrected chi connectivity index (χ4v) is 14.1. The third kappa shape index (κ3) is 6.28. The molecule has 0 unspecified atom stereocenters. The normalized spacial score (nSPS) is 17.4. The Kier molecular flexibility index (Phi) is 9.70. The molecule has 7 nitrogen and oxygen atoms in total. The number of phenols is 1. The van der Waals surface area contributed by atoms with Crippen LogP contribution in [0.2, 0.25) is 16.6 Å². The van der Waals surface area contributed by atoms with Gasteiger partial charge in [-0.05, 0) is 77.7 Å². The van der Waals surface area contributed by atoms with Gasteiger partial charge in [0.1, 0.15) is 37.8 Å². The Labute approximate surface area is 305 Å². The third-order valence-electron chi connectivity index (χ3n) is 11.4. The van der Waals surface area contributed by atoms with Gasteiger partial charge in [0.15, 0.2) is 5.82 Å². The first-order valence-electron chi connectivity index (χ1n) is 18.4. The van der Waals surface area contributed by atoms with Crippen molar-refractivity contribution >= 4 is 35.4 Å². The predicted octanol–water partition coefficient (Wildman–Crippen LogP) is 9.23. The van der Waals surface area contributed by atoms with E-state index in [0.29, 0.717) is 67.5 Å². The first-order chi connectivity index (χ1) is 24.9. The second-order valence-electron chi connectivity index (χ2n) is 15.4. The summed E-state index contributed by atoms with van der Waals surface area (Å²) in [5.41, 5.74) is 6.59. The smallest absolute Gasteiger partial charge is 0.219 e. The summed E-state index contributed by atoms with van der Waals surface area (Å²) < 4.78 is 39.8. The number of nitrogens with one attached hydrogen (secondary N) is 1. The molecule has 5 heterocycles. The maximum absolute atomic E-state index is 17.5. The van der Waals surface area contributed by atoms with Crippen molar-refractivity contribution in [2.75, 3.05) is 18.0 Å². The fourth-order valence-electron chi connectivity index (χ4n) is 8.88. The number of rotatable bonds is 8. The van der Waals surface area contributed by atoms with Crippen LogP contribution in [-0.2, 0) is 6.61 Å². The molecular formula is C42H47F2N5O2Si. The molecule has 7 rings (SSSR count). The summed E-state index contributed by atoms with van der Waals surface area (Å²) in [5.74, 6) is 3.10. The van der Waals surface area contributed by atoms with Gasteiger partial charge in [-0.15, -0.1) is 5.54 Å². The molecule has 52 heavy (non-hydrogen) atoms. The summed E-state index contributed by atoms with van der Waals surface area (Å²) in [6.07, 6.45) is 7.23. The maximum atomic E-state index is 17.5. The molecule has 0 aliphatic carbocycles. The Hall–Kier alpha value is -4.59. The van der Waals surface area contributed by atoms with E-state index in [1.54, 1.807) is 37.6 Å². The first-order valence-corrected chi connectivity index (χ1v) is 20.6. The standard InChI is InChI=1S/C42H47F2N5O2Si/c1-24(2)52(25(3)4,26(5)6)17-14-33-36(43)11-8-29-18-32(50)19-34(38(29)33)40-39(44)37-27(7)42(51-23-28-12-15-45-16-13-28)48-41(35(37)20-46-40)49-21-30-9-10-31(22-49)47-30/h8,11-13,15-16,18-20,24-26,30-31,47,50H,9-10,21-23H2,1-7H3/t30-,31+. The van der Waals surface area contributed by atoms with E-state index in [1.165, 1.54) is 12.1 Å². The minimum Gasteiger partial charge on any atom is -0.508 e. The van der Waals surface area contributed by atoms with Gasteiger partial charge in [-0.1, -0.05) is 53.5 Å². The van der Waals surface area contributed by atoms with Gasteiger partial charge in [0.2, 0.25) is 5.88 Å². The fraction of sp³-hybridized carbons (Fsp3) is 0.405. The van der Waals surface area contributed by atoms with E-state index in [9.17, 15) is 5.11 Å². The van der Waals surface area contributed by atoms with Crippen LogP contribution in [-0.4, -0.2) is 53.3 Å². The lowest BCUT2D eigenvalue weighted by molar-refractivity contribution is 0.292. The van der Waals surface area contributed by atoms with Crippen molar-refractivity contribution in [3.8, 4) is 34.4 Å². The highest BCUT2D eigenvalue weighted by Crippen LogP contribution is 2.43. The highest BCUT2D eigenvalue weighted by Gasteiger charge is 2.42. The molecule has 2 N–H and O–H groups in total. The van der Waals surface area contributed by atoms with Crippen molar-refractivity contribution in [1.29, 1.82) is 0 Å². The minimum atomic E-state index is -2.25. The molecule has 2 aliphatic heterocycles. The summed E-state index contributed by atoms with van der Waals surface area (Å²) in [6.45, 7) is 16.8. The average molecular weight is 720 g/mol. The zero-order valence-electron chi connectivity index (χ0n) is 31.0. The van der Waals surface area contributed by atoms with Crippen molar-refractivity contribution in [2.45, 2.75) is 96.6 Å². The Morgan fingerprint density at radius 1 is 0.962 bits per heavy atom. The molecule has 2 aromatic carbocycles. The highest BCUT2D eigenvalue weighted by atomic mass is 28.3. The maximum Gasteiger partial charge on any atom is 0.219 e. The van der Waals surface area contributed by atoms with Gasteiger partial charge in [-0.25, -0.2) is 8.78 Å². The van der Waals surface area contributed by atoms with Crippen molar-refractivity contribution in [1.82, 2.24) is 20.3 Å². The van der Waals surface area contributed by atoms with Gasteiger partial charge >= 0.3 is 0 Å². The van der Waals surface area contributed by atoms with Gasteiger partial charge in [0.25, 0.3) is 0 Å². The number of aromatic nitrogens is 3. The van der Waals surface area contributed by atoms with Gasteiger partial charge < -0.3 is 20.1 Å². The van der Waals surface area contributed by atoms with Crippen LogP contribution in [0.5, 0.6) is 11.6 Å². The predicted molar refractivity (Wildman–Crippen MR) is 207 cm³/mol. The van der Waals surface area contributed by atoms with Crippen molar-refractivity contribution < 1.29 is 18.6 Å². The van der Waals surface area contributed by atoms with Crippen molar-refractivity contribution in [3.05, 3.63) is 83.3 Å². The molecule has 2 saturated heterocycles. The Morgan fingerprint density at radius 2 is 1.63 bits per heavy atom. The van der Waals surface area contributed by atoms with Crippen LogP contribution in [0.4, 0.5) is 14.6 Å². The average Bonchev–Trinajstić information content (AvgIpc) is 3.45. The lowest BCUT2D eigenvalue weighted by Crippen LogP contribution is -2.51. The first kappa shape index (κ1) is 35.8. The number of benzene rings is 2. The lowest BCUT2D eigenvalue weighted by Gasteiger charge is -2.38. The Balaban J connectivity index is 1.45. The van der Waals surface area contributed by atoms with Crippen LogP contribution in [0.1, 0.15) is 71.1 Å². The number of phenolic OH excluding ortho intramolecular Hbond substituents is 1.